The number of aliphatic carboxylic acids is 2. The second-order valence-electron chi connectivity index (χ2n) is 4.26. The number of carbonyl (C=O) groups is 2. The third kappa shape index (κ3) is 4.63. The van der Waals surface area contributed by atoms with E-state index in [1.807, 2.05) is 4.72 Å². The van der Waals surface area contributed by atoms with Crippen molar-refractivity contribution >= 4 is 22.0 Å². The van der Waals surface area contributed by atoms with Crippen molar-refractivity contribution in [2.45, 2.75) is 30.7 Å². The Kier molecular flexibility index (Phi) is 5.23. The van der Waals surface area contributed by atoms with E-state index >= 15 is 0 Å². The highest BCUT2D eigenvalue weighted by Gasteiger charge is 2.25. The van der Waals surface area contributed by atoms with Crippen LogP contribution < -0.4 is 4.72 Å². The number of hydrogen-bond acceptors (Lipinski definition) is 4. The Morgan fingerprint density at radius 3 is 2.20 bits per heavy atom. The van der Waals surface area contributed by atoms with E-state index in [4.69, 9.17) is 10.2 Å². The molecular formula is C12H15NO6S. The van der Waals surface area contributed by atoms with Crippen LogP contribution in [0.15, 0.2) is 29.2 Å². The number of benzene rings is 1. The molecule has 8 heteroatoms. The lowest BCUT2D eigenvalue weighted by molar-refractivity contribution is -0.140. The smallest absolute Gasteiger partial charge is 0.321 e. The normalized spacial score (nSPS) is 12.8. The van der Waals surface area contributed by atoms with E-state index in [1.165, 1.54) is 12.1 Å². The molecular weight excluding hydrogens is 286 g/mol. The van der Waals surface area contributed by atoms with Gasteiger partial charge in [-0.15, -0.1) is 0 Å². The SMILES string of the molecule is Cc1ccc(S(=O)(=O)N[C@H](CCC(=O)O)C(=O)O)cc1. The van der Waals surface area contributed by atoms with Gasteiger partial charge in [0.05, 0.1) is 4.90 Å². The fourth-order valence-corrected chi connectivity index (χ4v) is 2.70. The first kappa shape index (κ1) is 16.1. The van der Waals surface area contributed by atoms with Crippen LogP contribution >= 0.6 is 0 Å². The molecule has 20 heavy (non-hydrogen) atoms. The summed E-state index contributed by atoms with van der Waals surface area (Å²) in [5.74, 6) is -2.60. The van der Waals surface area contributed by atoms with Crippen LogP contribution in [-0.2, 0) is 19.6 Å². The van der Waals surface area contributed by atoms with Gasteiger partial charge in [0.15, 0.2) is 0 Å². The first-order valence-corrected chi connectivity index (χ1v) is 7.24. The van der Waals surface area contributed by atoms with Crippen molar-refractivity contribution in [3.05, 3.63) is 29.8 Å². The van der Waals surface area contributed by atoms with Gasteiger partial charge in [-0.25, -0.2) is 8.42 Å². The molecule has 0 aliphatic rings. The molecule has 1 aromatic carbocycles. The monoisotopic (exact) mass is 301 g/mol. The van der Waals surface area contributed by atoms with Gasteiger partial charge in [0.25, 0.3) is 0 Å². The molecule has 0 spiro atoms. The quantitative estimate of drug-likeness (QED) is 0.678. The second-order valence-corrected chi connectivity index (χ2v) is 5.97. The van der Waals surface area contributed by atoms with Gasteiger partial charge in [0.1, 0.15) is 6.04 Å². The van der Waals surface area contributed by atoms with Gasteiger partial charge < -0.3 is 10.2 Å². The average molecular weight is 301 g/mol. The van der Waals surface area contributed by atoms with Crippen LogP contribution in [0.1, 0.15) is 18.4 Å². The minimum Gasteiger partial charge on any atom is -0.481 e. The summed E-state index contributed by atoms with van der Waals surface area (Å²) in [5.41, 5.74) is 0.865. The van der Waals surface area contributed by atoms with E-state index in [0.717, 1.165) is 5.56 Å². The molecule has 0 aliphatic carbocycles. The highest BCUT2D eigenvalue weighted by molar-refractivity contribution is 7.89. The predicted octanol–water partition coefficient (Wildman–Crippen LogP) is 0.591. The van der Waals surface area contributed by atoms with Gasteiger partial charge >= 0.3 is 11.9 Å². The number of carboxylic acid groups (broad SMARTS) is 2. The van der Waals surface area contributed by atoms with Gasteiger partial charge in [-0.2, -0.15) is 4.72 Å². The van der Waals surface area contributed by atoms with Crippen molar-refractivity contribution in [2.24, 2.45) is 0 Å². The lowest BCUT2D eigenvalue weighted by atomic mass is 10.2. The van der Waals surface area contributed by atoms with Crippen molar-refractivity contribution in [1.29, 1.82) is 0 Å². The van der Waals surface area contributed by atoms with Gasteiger partial charge in [0.2, 0.25) is 10.0 Å². The van der Waals surface area contributed by atoms with Crippen LogP contribution in [0.4, 0.5) is 0 Å². The zero-order valence-electron chi connectivity index (χ0n) is 10.7. The summed E-state index contributed by atoms with van der Waals surface area (Å²) < 4.78 is 26.0. The maximum Gasteiger partial charge on any atom is 0.321 e. The molecule has 1 atom stereocenters. The molecule has 7 nitrogen and oxygen atoms in total. The van der Waals surface area contributed by atoms with Crippen molar-refractivity contribution in [3.63, 3.8) is 0 Å². The molecule has 1 rings (SSSR count). The Hall–Kier alpha value is -1.93. The van der Waals surface area contributed by atoms with Crippen LogP contribution in [0.25, 0.3) is 0 Å². The number of aryl methyl sites for hydroxylation is 1. The topological polar surface area (TPSA) is 121 Å². The summed E-state index contributed by atoms with van der Waals surface area (Å²) in [6.45, 7) is 1.79. The van der Waals surface area contributed by atoms with E-state index < -0.39 is 34.4 Å². The number of carboxylic acids is 2. The molecule has 0 radical (unpaired) electrons. The van der Waals surface area contributed by atoms with Gasteiger partial charge in [0, 0.05) is 6.42 Å². The molecule has 0 fully saturated rings. The van der Waals surface area contributed by atoms with E-state index in [-0.39, 0.29) is 11.3 Å². The van der Waals surface area contributed by atoms with Crippen LogP contribution in [0, 0.1) is 6.92 Å². The first-order chi connectivity index (χ1) is 9.22. The second kappa shape index (κ2) is 6.49. The zero-order valence-corrected chi connectivity index (χ0v) is 11.6. The Bertz CT molecular complexity index is 593. The molecule has 0 aliphatic heterocycles. The summed E-state index contributed by atoms with van der Waals surface area (Å²) in [7, 11) is -3.99. The van der Waals surface area contributed by atoms with Crippen molar-refractivity contribution in [3.8, 4) is 0 Å². The van der Waals surface area contributed by atoms with E-state index in [1.54, 1.807) is 19.1 Å². The van der Waals surface area contributed by atoms with Gasteiger partial charge in [-0.1, -0.05) is 17.7 Å². The van der Waals surface area contributed by atoms with Gasteiger partial charge in [-0.05, 0) is 25.5 Å². The highest BCUT2D eigenvalue weighted by atomic mass is 32.2. The number of hydrogen-bond donors (Lipinski definition) is 3. The maximum absolute atomic E-state index is 12.0. The number of sulfonamides is 1. The van der Waals surface area contributed by atoms with Crippen LogP contribution in [0.3, 0.4) is 0 Å². The molecule has 0 aromatic heterocycles. The average Bonchev–Trinajstić information content (AvgIpc) is 2.34. The van der Waals surface area contributed by atoms with Gasteiger partial charge in [-0.3, -0.25) is 9.59 Å². The minimum absolute atomic E-state index is 0.0651. The fraction of sp³-hybridized carbons (Fsp3) is 0.333. The molecule has 0 bridgehead atoms. The molecule has 3 N–H and O–H groups in total. The van der Waals surface area contributed by atoms with E-state index in [0.29, 0.717) is 0 Å². The summed E-state index contributed by atoms with van der Waals surface area (Å²) in [5, 5.41) is 17.4. The van der Waals surface area contributed by atoms with Crippen LogP contribution in [0.2, 0.25) is 0 Å². The Labute approximate surface area is 116 Å². The molecule has 0 unspecified atom stereocenters. The highest BCUT2D eigenvalue weighted by Crippen LogP contribution is 2.12. The summed E-state index contributed by atoms with van der Waals surface area (Å²) in [4.78, 5) is 21.3. The van der Waals surface area contributed by atoms with Crippen molar-refractivity contribution in [1.82, 2.24) is 4.72 Å². The maximum atomic E-state index is 12.0. The Morgan fingerprint density at radius 2 is 1.75 bits per heavy atom. The molecule has 0 saturated carbocycles. The third-order valence-corrected chi connectivity index (χ3v) is 4.06. The molecule has 0 saturated heterocycles. The molecule has 0 heterocycles. The lowest BCUT2D eigenvalue weighted by Crippen LogP contribution is -2.41. The Morgan fingerprint density at radius 1 is 1.20 bits per heavy atom. The summed E-state index contributed by atoms with van der Waals surface area (Å²) in [6, 6.07) is 4.41. The lowest BCUT2D eigenvalue weighted by Gasteiger charge is -2.14. The molecule has 0 amide bonds. The summed E-state index contributed by atoms with van der Waals surface area (Å²) in [6.07, 6.45) is -0.761. The fourth-order valence-electron chi connectivity index (χ4n) is 1.47. The Balaban J connectivity index is 2.88. The minimum atomic E-state index is -3.99. The third-order valence-electron chi connectivity index (χ3n) is 2.57. The molecule has 110 valence electrons. The summed E-state index contributed by atoms with van der Waals surface area (Å²) >= 11 is 0. The molecule has 1 aromatic rings. The van der Waals surface area contributed by atoms with Crippen molar-refractivity contribution in [2.75, 3.05) is 0 Å². The number of rotatable bonds is 7. The number of nitrogens with one attached hydrogen (secondary N) is 1. The van der Waals surface area contributed by atoms with Crippen LogP contribution in [0.5, 0.6) is 0 Å². The van der Waals surface area contributed by atoms with E-state index in [9.17, 15) is 18.0 Å². The first-order valence-electron chi connectivity index (χ1n) is 5.76. The van der Waals surface area contributed by atoms with Crippen LogP contribution in [-0.4, -0.2) is 36.6 Å². The standard InChI is InChI=1S/C12H15NO6S/c1-8-2-4-9(5-3-8)20(18,19)13-10(12(16)17)6-7-11(14)15/h2-5,10,13H,6-7H2,1H3,(H,14,15)(H,16,17)/t10-/m1/s1. The predicted molar refractivity (Wildman–Crippen MR) is 69.8 cm³/mol. The van der Waals surface area contributed by atoms with E-state index in [2.05, 4.69) is 0 Å². The van der Waals surface area contributed by atoms with Crippen molar-refractivity contribution < 1.29 is 28.2 Å². The zero-order chi connectivity index (χ0) is 15.3. The largest absolute Gasteiger partial charge is 0.481 e.